The highest BCUT2D eigenvalue weighted by molar-refractivity contribution is 7.89. The molecule has 0 aromatic carbocycles. The van der Waals surface area contributed by atoms with E-state index in [4.69, 9.17) is 16.3 Å². The number of carbonyl (C=O) groups excluding carboxylic acids is 1. The van der Waals surface area contributed by atoms with E-state index in [1.807, 2.05) is 7.05 Å². The molecule has 2 saturated heterocycles. The zero-order valence-corrected chi connectivity index (χ0v) is 17.6. The van der Waals surface area contributed by atoms with E-state index in [2.05, 4.69) is 20.5 Å². The summed E-state index contributed by atoms with van der Waals surface area (Å²) in [6.45, 7) is 2.65. The molecule has 0 radical (unpaired) electrons. The van der Waals surface area contributed by atoms with Gasteiger partial charge in [-0.3, -0.25) is 20.4 Å². The van der Waals surface area contributed by atoms with Crippen molar-refractivity contribution in [2.45, 2.75) is 43.3 Å². The number of hydrogen-bond acceptors (Lipinski definition) is 6. The van der Waals surface area contributed by atoms with Crippen molar-refractivity contribution in [2.75, 3.05) is 39.2 Å². The highest BCUT2D eigenvalue weighted by atomic mass is 35.5. The Morgan fingerprint density at radius 2 is 2.04 bits per heavy atom. The number of halogens is 2. The van der Waals surface area contributed by atoms with Crippen LogP contribution >= 0.6 is 11.6 Å². The zero-order valence-electron chi connectivity index (χ0n) is 16.1. The SMILES string of the molecule is CN1CNC(C2CC(Cl)C(F)C(C(=O)NNS(=O)(=O)CC3CCOCC3)C2)C1. The Morgan fingerprint density at radius 1 is 1.32 bits per heavy atom. The van der Waals surface area contributed by atoms with Crippen LogP contribution in [0.5, 0.6) is 0 Å². The lowest BCUT2D eigenvalue weighted by Gasteiger charge is -2.37. The Balaban J connectivity index is 1.54. The third-order valence-electron chi connectivity index (χ3n) is 5.98. The Morgan fingerprint density at radius 3 is 2.68 bits per heavy atom. The topological polar surface area (TPSA) is 99.8 Å². The van der Waals surface area contributed by atoms with Crippen LogP contribution in [0.2, 0.25) is 0 Å². The molecular weight excluding hydrogens is 411 g/mol. The molecule has 2 aliphatic heterocycles. The van der Waals surface area contributed by atoms with Crippen LogP contribution in [0.25, 0.3) is 0 Å². The first kappa shape index (κ1) is 22.2. The number of rotatable bonds is 6. The summed E-state index contributed by atoms with van der Waals surface area (Å²) >= 11 is 6.19. The number of carbonyl (C=O) groups is 1. The van der Waals surface area contributed by atoms with Gasteiger partial charge in [-0.15, -0.1) is 16.4 Å². The molecule has 162 valence electrons. The highest BCUT2D eigenvalue weighted by Crippen LogP contribution is 2.37. The Bertz CT molecular complexity index is 649. The molecule has 1 amide bonds. The maximum absolute atomic E-state index is 14.6. The zero-order chi connectivity index (χ0) is 20.3. The van der Waals surface area contributed by atoms with Crippen molar-refractivity contribution in [2.24, 2.45) is 17.8 Å². The number of hydrazine groups is 1. The van der Waals surface area contributed by atoms with Crippen LogP contribution < -0.4 is 15.6 Å². The lowest BCUT2D eigenvalue weighted by atomic mass is 9.76. The number of ether oxygens (including phenoxy) is 1. The second kappa shape index (κ2) is 9.53. The molecule has 11 heteroatoms. The van der Waals surface area contributed by atoms with Gasteiger partial charge >= 0.3 is 0 Å². The molecule has 1 saturated carbocycles. The van der Waals surface area contributed by atoms with Crippen molar-refractivity contribution in [3.63, 3.8) is 0 Å². The molecule has 0 aromatic heterocycles. The summed E-state index contributed by atoms with van der Waals surface area (Å²) in [6.07, 6.45) is 0.666. The van der Waals surface area contributed by atoms with Crippen LogP contribution in [0.3, 0.4) is 0 Å². The molecule has 3 rings (SSSR count). The van der Waals surface area contributed by atoms with E-state index in [9.17, 15) is 17.6 Å². The Labute approximate surface area is 170 Å². The number of nitrogens with one attached hydrogen (secondary N) is 3. The summed E-state index contributed by atoms with van der Waals surface area (Å²) in [5.74, 6) is -1.66. The molecule has 3 N–H and O–H groups in total. The van der Waals surface area contributed by atoms with E-state index in [0.717, 1.165) is 13.2 Å². The van der Waals surface area contributed by atoms with E-state index in [-0.39, 0.29) is 23.6 Å². The van der Waals surface area contributed by atoms with Gasteiger partial charge < -0.3 is 4.74 Å². The summed E-state index contributed by atoms with van der Waals surface area (Å²) in [7, 11) is -1.70. The van der Waals surface area contributed by atoms with Gasteiger partial charge in [0.1, 0.15) is 6.17 Å². The van der Waals surface area contributed by atoms with Crippen molar-refractivity contribution in [3.05, 3.63) is 0 Å². The molecule has 3 fully saturated rings. The van der Waals surface area contributed by atoms with Gasteiger partial charge in [-0.1, -0.05) is 0 Å². The summed E-state index contributed by atoms with van der Waals surface area (Å²) in [5.41, 5.74) is 2.22. The van der Waals surface area contributed by atoms with Gasteiger partial charge in [-0.25, -0.2) is 12.8 Å². The summed E-state index contributed by atoms with van der Waals surface area (Å²) < 4.78 is 44.3. The maximum Gasteiger partial charge on any atom is 0.241 e. The number of sulfonamides is 1. The smallest absolute Gasteiger partial charge is 0.241 e. The molecule has 1 aliphatic carbocycles. The van der Waals surface area contributed by atoms with Gasteiger partial charge in [0.05, 0.1) is 17.0 Å². The van der Waals surface area contributed by atoms with Crippen LogP contribution in [0.1, 0.15) is 25.7 Å². The predicted octanol–water partition coefficient (Wildman–Crippen LogP) is 0.196. The predicted molar refractivity (Wildman–Crippen MR) is 104 cm³/mol. The van der Waals surface area contributed by atoms with E-state index < -0.39 is 33.4 Å². The molecule has 0 spiro atoms. The number of hydrogen-bond donors (Lipinski definition) is 3. The minimum Gasteiger partial charge on any atom is -0.381 e. The van der Waals surface area contributed by atoms with E-state index in [1.54, 1.807) is 0 Å². The van der Waals surface area contributed by atoms with Crippen molar-refractivity contribution in [1.82, 2.24) is 20.5 Å². The first-order valence-corrected chi connectivity index (χ1v) is 11.9. The average Bonchev–Trinajstić information content (AvgIpc) is 3.09. The maximum atomic E-state index is 14.6. The van der Waals surface area contributed by atoms with E-state index in [0.29, 0.717) is 38.9 Å². The lowest BCUT2D eigenvalue weighted by molar-refractivity contribution is -0.129. The standard InChI is InChI=1S/C17H30ClFN4O4S/c1-23-8-15(20-10-23)12-6-13(16(19)14(18)7-12)17(24)21-22-28(25,26)9-11-2-4-27-5-3-11/h11-16,20,22H,2-10H2,1H3,(H,21,24). The Kier molecular flexibility index (Phi) is 7.54. The quantitative estimate of drug-likeness (QED) is 0.403. The third kappa shape index (κ3) is 5.76. The van der Waals surface area contributed by atoms with E-state index >= 15 is 0 Å². The minimum absolute atomic E-state index is 0.00575. The molecule has 8 nitrogen and oxygen atoms in total. The second-order valence-corrected chi connectivity index (χ2v) is 10.6. The van der Waals surface area contributed by atoms with Crippen LogP contribution in [0, 0.1) is 17.8 Å². The molecule has 2 heterocycles. The van der Waals surface area contributed by atoms with Crippen LogP contribution in [0.15, 0.2) is 0 Å². The first-order chi connectivity index (χ1) is 13.2. The normalized spacial score (nSPS) is 35.8. The number of nitrogens with zero attached hydrogens (tertiary/aromatic N) is 1. The number of alkyl halides is 2. The van der Waals surface area contributed by atoms with Crippen LogP contribution in [-0.4, -0.2) is 76.0 Å². The monoisotopic (exact) mass is 440 g/mol. The van der Waals surface area contributed by atoms with Gasteiger partial charge in [0.2, 0.25) is 15.9 Å². The minimum atomic E-state index is -3.69. The number of amides is 1. The molecule has 0 bridgehead atoms. The fourth-order valence-electron chi connectivity index (χ4n) is 4.34. The average molecular weight is 441 g/mol. The summed E-state index contributed by atoms with van der Waals surface area (Å²) in [4.78, 5) is 16.8. The molecule has 5 atom stereocenters. The van der Waals surface area contributed by atoms with Crippen molar-refractivity contribution < 1.29 is 22.3 Å². The molecule has 5 unspecified atom stereocenters. The summed E-state index contributed by atoms with van der Waals surface area (Å²) in [6, 6.07) is 0.152. The van der Waals surface area contributed by atoms with Crippen molar-refractivity contribution in [1.29, 1.82) is 0 Å². The highest BCUT2D eigenvalue weighted by Gasteiger charge is 2.44. The molecule has 0 aromatic rings. The Hall–Kier alpha value is -0.520. The lowest BCUT2D eigenvalue weighted by Crippen LogP contribution is -2.52. The van der Waals surface area contributed by atoms with E-state index in [1.165, 1.54) is 0 Å². The van der Waals surface area contributed by atoms with Crippen molar-refractivity contribution in [3.8, 4) is 0 Å². The second-order valence-electron chi connectivity index (χ2n) is 8.23. The fourth-order valence-corrected chi connectivity index (χ4v) is 6.04. The van der Waals surface area contributed by atoms with Crippen molar-refractivity contribution >= 4 is 27.5 Å². The van der Waals surface area contributed by atoms with Crippen LogP contribution in [0.4, 0.5) is 4.39 Å². The van der Waals surface area contributed by atoms with Gasteiger partial charge in [0.15, 0.2) is 0 Å². The summed E-state index contributed by atoms with van der Waals surface area (Å²) in [5, 5.41) is 2.60. The van der Waals surface area contributed by atoms with Gasteiger partial charge in [0.25, 0.3) is 0 Å². The largest absolute Gasteiger partial charge is 0.381 e. The third-order valence-corrected chi connectivity index (χ3v) is 7.72. The van der Waals surface area contributed by atoms with Gasteiger partial charge in [-0.05, 0) is 44.6 Å². The molecule has 3 aliphatic rings. The number of likely N-dealkylation sites (N-methyl/N-ethyl adjacent to an activating group) is 1. The molecule has 28 heavy (non-hydrogen) atoms. The van der Waals surface area contributed by atoms with Gasteiger partial charge in [-0.2, -0.15) is 0 Å². The molecular formula is C17H30ClFN4O4S. The first-order valence-electron chi connectivity index (χ1n) is 9.82. The van der Waals surface area contributed by atoms with Gasteiger partial charge in [0, 0.05) is 32.5 Å². The van der Waals surface area contributed by atoms with Crippen LogP contribution in [-0.2, 0) is 19.6 Å². The fraction of sp³-hybridized carbons (Fsp3) is 0.941.